The molecule has 1 aromatic rings. The predicted octanol–water partition coefficient (Wildman–Crippen LogP) is 1.75. The Balaban J connectivity index is 2.18. The van der Waals surface area contributed by atoms with Crippen LogP contribution >= 0.6 is 0 Å². The lowest BCUT2D eigenvalue weighted by Crippen LogP contribution is -2.55. The van der Waals surface area contributed by atoms with Gasteiger partial charge in [0.25, 0.3) is 0 Å². The second-order valence-electron chi connectivity index (χ2n) is 7.28. The molecule has 26 heavy (non-hydrogen) atoms. The molecule has 0 saturated carbocycles. The molecule has 0 radical (unpaired) electrons. The third-order valence-electron chi connectivity index (χ3n) is 4.19. The first-order valence-electron chi connectivity index (χ1n) is 8.78. The van der Waals surface area contributed by atoms with Gasteiger partial charge in [-0.25, -0.2) is 8.42 Å². The van der Waals surface area contributed by atoms with Gasteiger partial charge < -0.3 is 14.7 Å². The minimum atomic E-state index is -3.39. The van der Waals surface area contributed by atoms with Crippen molar-refractivity contribution in [2.24, 2.45) is 5.92 Å². The van der Waals surface area contributed by atoms with Crippen LogP contribution in [0.1, 0.15) is 39.4 Å². The number of benzene rings is 1. The molecule has 0 aliphatic carbocycles. The molecule has 1 aliphatic heterocycles. The van der Waals surface area contributed by atoms with Gasteiger partial charge in [-0.3, -0.25) is 9.52 Å². The van der Waals surface area contributed by atoms with Crippen molar-refractivity contribution in [1.82, 2.24) is 4.90 Å². The molecule has 1 heterocycles. The van der Waals surface area contributed by atoms with Crippen LogP contribution in [0, 0.1) is 5.92 Å². The average Bonchev–Trinajstić information content (AvgIpc) is 2.53. The number of anilines is 1. The fraction of sp³-hybridized carbons (Fsp3) is 0.611. The topological polar surface area (TPSA) is 95.9 Å². The van der Waals surface area contributed by atoms with Crippen LogP contribution < -0.4 is 4.72 Å². The van der Waals surface area contributed by atoms with Gasteiger partial charge in [-0.05, 0) is 37.5 Å². The second-order valence-corrected chi connectivity index (χ2v) is 9.04. The Morgan fingerprint density at radius 3 is 2.35 bits per heavy atom. The zero-order valence-corrected chi connectivity index (χ0v) is 16.5. The molecule has 2 atom stereocenters. The van der Waals surface area contributed by atoms with Gasteiger partial charge in [0.1, 0.15) is 12.7 Å². The Hall–Kier alpha value is -1.64. The zero-order chi connectivity index (χ0) is 19.5. The number of hydrogen-bond acceptors (Lipinski definition) is 5. The van der Waals surface area contributed by atoms with Crippen LogP contribution in [0.4, 0.5) is 5.69 Å². The molecule has 0 aromatic heterocycles. The number of carbonyl (C=O) groups excluding carboxylic acids is 1. The Morgan fingerprint density at radius 1 is 1.23 bits per heavy atom. The first kappa shape index (κ1) is 20.7. The van der Waals surface area contributed by atoms with Crippen LogP contribution in [0.3, 0.4) is 0 Å². The van der Waals surface area contributed by atoms with E-state index >= 15 is 0 Å². The van der Waals surface area contributed by atoms with E-state index in [9.17, 15) is 18.3 Å². The maximum absolute atomic E-state index is 12.1. The van der Waals surface area contributed by atoms with E-state index in [0.29, 0.717) is 5.69 Å². The summed E-state index contributed by atoms with van der Waals surface area (Å²) >= 11 is 0. The number of carbonyl (C=O) groups is 1. The first-order valence-corrected chi connectivity index (χ1v) is 10.4. The molecule has 1 saturated heterocycles. The van der Waals surface area contributed by atoms with Crippen molar-refractivity contribution < 1.29 is 23.1 Å². The van der Waals surface area contributed by atoms with E-state index in [1.807, 2.05) is 27.7 Å². The molecule has 146 valence electrons. The number of rotatable bonds is 7. The molecule has 2 rings (SSSR count). The number of nitrogens with one attached hydrogen (secondary N) is 1. The second kappa shape index (κ2) is 8.37. The third kappa shape index (κ3) is 4.96. The van der Waals surface area contributed by atoms with Crippen LogP contribution in [-0.4, -0.2) is 55.4 Å². The standard InChI is InChI=1S/C18H28N2O5S/c1-12(2)11-26(23,24)19-15-7-5-14(6-8-15)18-16(9-21)20(13(3)4)17(22)10-25-18/h5-8,12-13,16,18-19,21H,9-11H2,1-4H3. The van der Waals surface area contributed by atoms with Gasteiger partial charge in [0.05, 0.1) is 18.4 Å². The molecular weight excluding hydrogens is 356 g/mol. The molecule has 7 nitrogen and oxygen atoms in total. The molecule has 8 heteroatoms. The predicted molar refractivity (Wildman–Crippen MR) is 100 cm³/mol. The number of hydrogen-bond donors (Lipinski definition) is 2. The summed E-state index contributed by atoms with van der Waals surface area (Å²) in [6.07, 6.45) is -0.457. The summed E-state index contributed by atoms with van der Waals surface area (Å²) < 4.78 is 32.3. The Morgan fingerprint density at radius 2 is 1.85 bits per heavy atom. The quantitative estimate of drug-likeness (QED) is 0.747. The molecule has 2 unspecified atom stereocenters. The minimum absolute atomic E-state index is 0.0345. The largest absolute Gasteiger partial charge is 0.394 e. The van der Waals surface area contributed by atoms with Crippen molar-refractivity contribution in [3.63, 3.8) is 0 Å². The van der Waals surface area contributed by atoms with Crippen LogP contribution in [0.5, 0.6) is 0 Å². The Kier molecular flexibility index (Phi) is 6.65. The summed E-state index contributed by atoms with van der Waals surface area (Å²) in [6.45, 7) is 7.24. The van der Waals surface area contributed by atoms with E-state index in [0.717, 1.165) is 5.56 Å². The molecule has 2 N–H and O–H groups in total. The van der Waals surface area contributed by atoms with Crippen LogP contribution in [0.25, 0.3) is 0 Å². The molecule has 1 aromatic carbocycles. The molecule has 0 spiro atoms. The summed E-state index contributed by atoms with van der Waals surface area (Å²) in [7, 11) is -3.39. The maximum Gasteiger partial charge on any atom is 0.249 e. The summed E-state index contributed by atoms with van der Waals surface area (Å²) in [6, 6.07) is 6.33. The van der Waals surface area contributed by atoms with Crippen molar-refractivity contribution in [3.05, 3.63) is 29.8 Å². The van der Waals surface area contributed by atoms with E-state index in [4.69, 9.17) is 4.74 Å². The number of amides is 1. The number of sulfonamides is 1. The van der Waals surface area contributed by atoms with Crippen molar-refractivity contribution in [2.45, 2.75) is 45.9 Å². The molecule has 0 bridgehead atoms. The lowest BCUT2D eigenvalue weighted by atomic mass is 9.98. The van der Waals surface area contributed by atoms with E-state index in [-0.39, 0.29) is 36.8 Å². The fourth-order valence-electron chi connectivity index (χ4n) is 3.25. The molecular formula is C18H28N2O5S. The SMILES string of the molecule is CC(C)CS(=O)(=O)Nc1ccc(C2OCC(=O)N(C(C)C)C2CO)cc1. The smallest absolute Gasteiger partial charge is 0.249 e. The average molecular weight is 384 g/mol. The minimum Gasteiger partial charge on any atom is -0.394 e. The van der Waals surface area contributed by atoms with Crippen LogP contribution in [0.15, 0.2) is 24.3 Å². The Labute approximate surface area is 155 Å². The highest BCUT2D eigenvalue weighted by Gasteiger charge is 2.38. The molecule has 1 aliphatic rings. The number of morpholine rings is 1. The summed E-state index contributed by atoms with van der Waals surface area (Å²) in [5.74, 6) is -0.0564. The monoisotopic (exact) mass is 384 g/mol. The van der Waals surface area contributed by atoms with Crippen molar-refractivity contribution in [3.8, 4) is 0 Å². The number of nitrogens with zero attached hydrogens (tertiary/aromatic N) is 1. The van der Waals surface area contributed by atoms with Gasteiger partial charge in [0, 0.05) is 11.7 Å². The molecule has 1 fully saturated rings. The normalized spacial score (nSPS) is 21.5. The van der Waals surface area contributed by atoms with Crippen molar-refractivity contribution >= 4 is 21.6 Å². The first-order chi connectivity index (χ1) is 12.1. The summed E-state index contributed by atoms with van der Waals surface area (Å²) in [5, 5.41) is 9.79. The lowest BCUT2D eigenvalue weighted by Gasteiger charge is -2.42. The van der Waals surface area contributed by atoms with Gasteiger partial charge in [-0.1, -0.05) is 26.0 Å². The highest BCUT2D eigenvalue weighted by atomic mass is 32.2. The van der Waals surface area contributed by atoms with E-state index in [2.05, 4.69) is 4.72 Å². The number of aliphatic hydroxyl groups is 1. The van der Waals surface area contributed by atoms with E-state index in [1.165, 1.54) is 0 Å². The summed E-state index contributed by atoms with van der Waals surface area (Å²) in [5.41, 5.74) is 1.26. The highest BCUT2D eigenvalue weighted by molar-refractivity contribution is 7.92. The lowest BCUT2D eigenvalue weighted by molar-refractivity contribution is -0.164. The molecule has 1 amide bonds. The Bertz CT molecular complexity index is 716. The van der Waals surface area contributed by atoms with Gasteiger partial charge in [0.15, 0.2) is 0 Å². The maximum atomic E-state index is 12.1. The van der Waals surface area contributed by atoms with Gasteiger partial charge >= 0.3 is 0 Å². The van der Waals surface area contributed by atoms with Crippen molar-refractivity contribution in [1.29, 1.82) is 0 Å². The summed E-state index contributed by atoms with van der Waals surface area (Å²) in [4.78, 5) is 13.7. The van der Waals surface area contributed by atoms with Gasteiger partial charge in [-0.15, -0.1) is 0 Å². The van der Waals surface area contributed by atoms with E-state index < -0.39 is 22.2 Å². The van der Waals surface area contributed by atoms with Gasteiger partial charge in [-0.2, -0.15) is 0 Å². The fourth-order valence-corrected chi connectivity index (χ4v) is 4.71. The van der Waals surface area contributed by atoms with Gasteiger partial charge in [0.2, 0.25) is 15.9 Å². The van der Waals surface area contributed by atoms with E-state index in [1.54, 1.807) is 29.2 Å². The number of aliphatic hydroxyl groups excluding tert-OH is 1. The third-order valence-corrected chi connectivity index (χ3v) is 5.84. The number of ether oxygens (including phenoxy) is 1. The highest BCUT2D eigenvalue weighted by Crippen LogP contribution is 2.31. The van der Waals surface area contributed by atoms with Crippen LogP contribution in [0.2, 0.25) is 0 Å². The zero-order valence-electron chi connectivity index (χ0n) is 15.7. The van der Waals surface area contributed by atoms with Crippen molar-refractivity contribution in [2.75, 3.05) is 23.7 Å². The van der Waals surface area contributed by atoms with Crippen LogP contribution in [-0.2, 0) is 19.6 Å².